The fourth-order valence-corrected chi connectivity index (χ4v) is 3.73. The van der Waals surface area contributed by atoms with E-state index in [1.54, 1.807) is 0 Å². The van der Waals surface area contributed by atoms with Crippen molar-refractivity contribution in [2.75, 3.05) is 19.8 Å². The van der Waals surface area contributed by atoms with Crippen LogP contribution in [-0.4, -0.2) is 30.5 Å². The highest BCUT2D eigenvalue weighted by Gasteiger charge is 2.42. The van der Waals surface area contributed by atoms with Crippen molar-refractivity contribution in [2.24, 2.45) is 5.92 Å². The molecule has 0 saturated carbocycles. The number of hydrogen-bond acceptors (Lipinski definition) is 3. The predicted octanol–water partition coefficient (Wildman–Crippen LogP) is 2.91. The first-order valence-corrected chi connectivity index (χ1v) is 7.92. The van der Waals surface area contributed by atoms with E-state index in [4.69, 9.17) is 9.47 Å². The van der Waals surface area contributed by atoms with Crippen LogP contribution in [0.5, 0.6) is 0 Å². The van der Waals surface area contributed by atoms with Crippen LogP contribution in [-0.2, 0) is 9.47 Å². The molecule has 2 fully saturated rings. The van der Waals surface area contributed by atoms with Gasteiger partial charge in [-0.15, -0.1) is 0 Å². The summed E-state index contributed by atoms with van der Waals surface area (Å²) in [5, 5.41) is 10.6. The minimum Gasteiger partial charge on any atom is -0.388 e. The Kier molecular flexibility index (Phi) is 4.12. The number of halogens is 1. The Labute approximate surface area is 127 Å². The van der Waals surface area contributed by atoms with Crippen molar-refractivity contribution >= 4 is 22.6 Å². The van der Waals surface area contributed by atoms with Gasteiger partial charge >= 0.3 is 0 Å². The molecule has 3 rings (SSSR count). The van der Waals surface area contributed by atoms with Gasteiger partial charge in [0.05, 0.1) is 18.3 Å². The van der Waals surface area contributed by atoms with Crippen LogP contribution in [0.15, 0.2) is 24.3 Å². The van der Waals surface area contributed by atoms with Gasteiger partial charge in [-0.2, -0.15) is 0 Å². The molecule has 0 aromatic heterocycles. The highest BCUT2D eigenvalue weighted by Crippen LogP contribution is 2.41. The second-order valence-electron chi connectivity index (χ2n) is 5.59. The molecule has 3 unspecified atom stereocenters. The van der Waals surface area contributed by atoms with E-state index in [9.17, 15) is 5.11 Å². The summed E-state index contributed by atoms with van der Waals surface area (Å²) in [5.74, 6) is 0.272. The van der Waals surface area contributed by atoms with E-state index >= 15 is 0 Å². The van der Waals surface area contributed by atoms with E-state index in [1.165, 1.54) is 3.57 Å². The molecule has 2 aliphatic heterocycles. The third-order valence-corrected chi connectivity index (χ3v) is 4.91. The number of rotatable bonds is 2. The average molecular weight is 374 g/mol. The number of aliphatic hydroxyl groups excluding tert-OH is 1. The zero-order valence-corrected chi connectivity index (χ0v) is 13.0. The van der Waals surface area contributed by atoms with Crippen molar-refractivity contribution in [2.45, 2.75) is 31.0 Å². The van der Waals surface area contributed by atoms with Crippen LogP contribution in [0.4, 0.5) is 0 Å². The maximum absolute atomic E-state index is 10.6. The Morgan fingerprint density at radius 3 is 3.00 bits per heavy atom. The van der Waals surface area contributed by atoms with Gasteiger partial charge in [0.15, 0.2) is 0 Å². The summed E-state index contributed by atoms with van der Waals surface area (Å²) >= 11 is 2.29. The molecule has 104 valence electrons. The molecule has 1 spiro atoms. The van der Waals surface area contributed by atoms with Crippen LogP contribution >= 0.6 is 22.6 Å². The molecule has 0 radical (unpaired) electrons. The molecule has 0 bridgehead atoms. The predicted molar refractivity (Wildman–Crippen MR) is 81.0 cm³/mol. The average Bonchev–Trinajstić information content (AvgIpc) is 2.86. The molecule has 3 atom stereocenters. The lowest BCUT2D eigenvalue weighted by atomic mass is 9.80. The fraction of sp³-hybridized carbons (Fsp3) is 0.600. The summed E-state index contributed by atoms with van der Waals surface area (Å²) in [6.45, 7) is 2.20. The number of benzene rings is 1. The van der Waals surface area contributed by atoms with Gasteiger partial charge in [0.2, 0.25) is 0 Å². The lowest BCUT2D eigenvalue weighted by Gasteiger charge is -2.39. The Hall–Kier alpha value is -0.170. The van der Waals surface area contributed by atoms with Gasteiger partial charge in [0.25, 0.3) is 0 Å². The monoisotopic (exact) mass is 374 g/mol. The molecule has 1 aromatic carbocycles. The first-order chi connectivity index (χ1) is 9.19. The first-order valence-electron chi connectivity index (χ1n) is 6.84. The molecule has 2 heterocycles. The second kappa shape index (κ2) is 5.68. The number of ether oxygens (including phenoxy) is 2. The van der Waals surface area contributed by atoms with Crippen molar-refractivity contribution in [3.63, 3.8) is 0 Å². The fourth-order valence-electron chi connectivity index (χ4n) is 3.16. The van der Waals surface area contributed by atoms with Crippen LogP contribution in [0.25, 0.3) is 0 Å². The zero-order valence-electron chi connectivity index (χ0n) is 10.8. The van der Waals surface area contributed by atoms with Gasteiger partial charge in [0, 0.05) is 23.2 Å². The summed E-state index contributed by atoms with van der Waals surface area (Å²) in [4.78, 5) is 0. The molecule has 19 heavy (non-hydrogen) atoms. The van der Waals surface area contributed by atoms with Crippen molar-refractivity contribution in [3.05, 3.63) is 33.4 Å². The Bertz CT molecular complexity index is 443. The lowest BCUT2D eigenvalue weighted by molar-refractivity contribution is -0.117. The van der Waals surface area contributed by atoms with E-state index in [-0.39, 0.29) is 11.5 Å². The minimum absolute atomic E-state index is 0.133. The van der Waals surface area contributed by atoms with Crippen LogP contribution in [0.3, 0.4) is 0 Å². The largest absolute Gasteiger partial charge is 0.388 e. The van der Waals surface area contributed by atoms with Crippen LogP contribution in [0, 0.1) is 9.49 Å². The van der Waals surface area contributed by atoms with Crippen LogP contribution in [0.1, 0.15) is 30.9 Å². The van der Waals surface area contributed by atoms with Gasteiger partial charge in [-0.1, -0.05) is 12.1 Å². The molecule has 4 heteroatoms. The first kappa shape index (κ1) is 13.8. The molecule has 1 N–H and O–H groups in total. The molecule has 3 nitrogen and oxygen atoms in total. The van der Waals surface area contributed by atoms with Crippen LogP contribution < -0.4 is 0 Å². The zero-order chi connectivity index (χ0) is 13.3. The maximum atomic E-state index is 10.6. The molecule has 0 aliphatic carbocycles. The summed E-state index contributed by atoms with van der Waals surface area (Å²) < 4.78 is 12.6. The van der Waals surface area contributed by atoms with E-state index in [2.05, 4.69) is 28.7 Å². The topological polar surface area (TPSA) is 38.7 Å². The second-order valence-corrected chi connectivity index (χ2v) is 6.83. The van der Waals surface area contributed by atoms with Crippen molar-refractivity contribution in [3.8, 4) is 0 Å². The third kappa shape index (κ3) is 2.96. The molecular weight excluding hydrogens is 355 g/mol. The van der Waals surface area contributed by atoms with E-state index < -0.39 is 6.10 Å². The van der Waals surface area contributed by atoms with E-state index in [1.807, 2.05) is 18.2 Å². The minimum atomic E-state index is -0.393. The molecule has 0 amide bonds. The van der Waals surface area contributed by atoms with Gasteiger partial charge in [-0.05, 0) is 59.0 Å². The van der Waals surface area contributed by atoms with Crippen molar-refractivity contribution in [1.82, 2.24) is 0 Å². The van der Waals surface area contributed by atoms with Crippen molar-refractivity contribution in [1.29, 1.82) is 0 Å². The normalized spacial score (nSPS) is 32.6. The van der Waals surface area contributed by atoms with E-state index in [0.717, 1.165) is 38.0 Å². The maximum Gasteiger partial charge on any atom is 0.0940 e. The Balaban J connectivity index is 1.74. The van der Waals surface area contributed by atoms with Gasteiger partial charge in [0.1, 0.15) is 0 Å². The summed E-state index contributed by atoms with van der Waals surface area (Å²) in [5.41, 5.74) is 0.888. The highest BCUT2D eigenvalue weighted by molar-refractivity contribution is 14.1. The molecule has 2 saturated heterocycles. The standard InChI is InChI=1S/C15H19IO3/c16-13-3-1-2-11(8-13)14(17)12-4-6-19-15(9-12)5-7-18-10-15/h1-3,8,12,14,17H,4-7,9-10H2. The van der Waals surface area contributed by atoms with E-state index in [0.29, 0.717) is 6.61 Å². The van der Waals surface area contributed by atoms with Gasteiger partial charge in [-0.25, -0.2) is 0 Å². The Morgan fingerprint density at radius 1 is 1.37 bits per heavy atom. The van der Waals surface area contributed by atoms with Crippen LogP contribution in [0.2, 0.25) is 0 Å². The smallest absolute Gasteiger partial charge is 0.0940 e. The number of hydrogen-bond donors (Lipinski definition) is 1. The third-order valence-electron chi connectivity index (χ3n) is 4.23. The SMILES string of the molecule is OC(c1cccc(I)c1)C1CCOC2(CCOC2)C1. The Morgan fingerprint density at radius 2 is 2.26 bits per heavy atom. The quantitative estimate of drug-likeness (QED) is 0.810. The molecule has 1 aromatic rings. The number of aliphatic hydroxyl groups is 1. The summed E-state index contributed by atoms with van der Waals surface area (Å²) in [7, 11) is 0. The molecule has 2 aliphatic rings. The summed E-state index contributed by atoms with van der Waals surface area (Å²) in [6.07, 6.45) is 2.40. The van der Waals surface area contributed by atoms with Gasteiger partial charge in [-0.3, -0.25) is 0 Å². The summed E-state index contributed by atoms with van der Waals surface area (Å²) in [6, 6.07) is 8.14. The van der Waals surface area contributed by atoms with Crippen molar-refractivity contribution < 1.29 is 14.6 Å². The lowest BCUT2D eigenvalue weighted by Crippen LogP contribution is -2.41. The highest BCUT2D eigenvalue weighted by atomic mass is 127. The van der Waals surface area contributed by atoms with Gasteiger partial charge < -0.3 is 14.6 Å². The molecular formula is C15H19IO3.